The van der Waals surface area contributed by atoms with Gasteiger partial charge in [0.25, 0.3) is 0 Å². The van der Waals surface area contributed by atoms with Crippen molar-refractivity contribution in [1.29, 1.82) is 0 Å². The summed E-state index contributed by atoms with van der Waals surface area (Å²) in [6, 6.07) is 2.99. The lowest BCUT2D eigenvalue weighted by molar-refractivity contribution is 0.118. The molecule has 1 aromatic heterocycles. The third kappa shape index (κ3) is 4.05. The molecule has 0 aliphatic carbocycles. The maximum Gasteiger partial charge on any atom is 0.0509 e. The molecule has 3 nitrogen and oxygen atoms in total. The Hall–Kier alpha value is -0.420. The van der Waals surface area contributed by atoms with Gasteiger partial charge in [0.15, 0.2) is 0 Å². The van der Waals surface area contributed by atoms with Crippen LogP contribution in [0.5, 0.6) is 0 Å². The van der Waals surface area contributed by atoms with E-state index in [1.807, 2.05) is 0 Å². The molecule has 0 aliphatic rings. The second-order valence-corrected chi connectivity index (χ2v) is 5.76. The van der Waals surface area contributed by atoms with Gasteiger partial charge in [0.2, 0.25) is 0 Å². The van der Waals surface area contributed by atoms with Gasteiger partial charge in [-0.3, -0.25) is 4.90 Å². The van der Waals surface area contributed by atoms with Crippen LogP contribution in [0.3, 0.4) is 0 Å². The molecule has 4 heteroatoms. The summed E-state index contributed by atoms with van der Waals surface area (Å²) in [5, 5.41) is 13.3. The minimum absolute atomic E-state index is 0.140. The summed E-state index contributed by atoms with van der Waals surface area (Å²) in [6.45, 7) is 7.65. The summed E-state index contributed by atoms with van der Waals surface area (Å²) in [4.78, 5) is 2.41. The molecule has 1 rings (SSSR count). The fourth-order valence-corrected chi connectivity index (χ4v) is 3.01. The van der Waals surface area contributed by atoms with Crippen molar-refractivity contribution in [1.82, 2.24) is 4.90 Å². The molecule has 2 unspecified atom stereocenters. The van der Waals surface area contributed by atoms with Gasteiger partial charge >= 0.3 is 0 Å². The van der Waals surface area contributed by atoms with Gasteiger partial charge in [-0.1, -0.05) is 6.92 Å². The van der Waals surface area contributed by atoms with Crippen LogP contribution in [0.1, 0.15) is 45.2 Å². The Bertz CT molecular complexity index is 314. The van der Waals surface area contributed by atoms with E-state index in [9.17, 15) is 0 Å². The number of aliphatic hydroxyl groups excluding tert-OH is 1. The Morgan fingerprint density at radius 1 is 1.44 bits per heavy atom. The van der Waals surface area contributed by atoms with Gasteiger partial charge in [-0.05, 0) is 49.1 Å². The molecular formula is C14H26N2OS. The summed E-state index contributed by atoms with van der Waals surface area (Å²) in [5.41, 5.74) is 7.63. The van der Waals surface area contributed by atoms with E-state index in [1.165, 1.54) is 5.56 Å². The summed E-state index contributed by atoms with van der Waals surface area (Å²) in [7, 11) is 0. The predicted octanol–water partition coefficient (Wildman–Crippen LogP) is 2.62. The molecule has 0 saturated carbocycles. The van der Waals surface area contributed by atoms with Gasteiger partial charge < -0.3 is 10.8 Å². The van der Waals surface area contributed by atoms with Crippen LogP contribution >= 0.6 is 11.3 Å². The summed E-state index contributed by atoms with van der Waals surface area (Å²) >= 11 is 1.72. The Kier molecular flexibility index (Phi) is 6.86. The molecule has 0 amide bonds. The van der Waals surface area contributed by atoms with E-state index in [4.69, 9.17) is 10.8 Å². The van der Waals surface area contributed by atoms with Crippen LogP contribution in [-0.2, 0) is 0 Å². The largest absolute Gasteiger partial charge is 0.396 e. The third-order valence-electron chi connectivity index (χ3n) is 3.36. The fourth-order valence-electron chi connectivity index (χ4n) is 2.32. The SMILES string of the molecule is CCC(N)C(c1ccsc1)N(CCCO)C(C)C. The number of rotatable bonds is 8. The summed E-state index contributed by atoms with van der Waals surface area (Å²) < 4.78 is 0. The van der Waals surface area contributed by atoms with Gasteiger partial charge in [-0.2, -0.15) is 11.3 Å². The topological polar surface area (TPSA) is 49.5 Å². The van der Waals surface area contributed by atoms with E-state index in [1.54, 1.807) is 11.3 Å². The van der Waals surface area contributed by atoms with E-state index < -0.39 is 0 Å². The summed E-state index contributed by atoms with van der Waals surface area (Å²) in [5.74, 6) is 0. The Balaban J connectivity index is 2.91. The Labute approximate surface area is 115 Å². The predicted molar refractivity (Wildman–Crippen MR) is 78.9 cm³/mol. The van der Waals surface area contributed by atoms with Crippen LogP contribution in [0.25, 0.3) is 0 Å². The monoisotopic (exact) mass is 270 g/mol. The molecular weight excluding hydrogens is 244 g/mol. The first kappa shape index (κ1) is 15.6. The zero-order chi connectivity index (χ0) is 13.5. The van der Waals surface area contributed by atoms with E-state index in [0.717, 1.165) is 19.4 Å². The lowest BCUT2D eigenvalue weighted by Gasteiger charge is -2.38. The van der Waals surface area contributed by atoms with Crippen molar-refractivity contribution >= 4 is 11.3 Å². The molecule has 1 heterocycles. The quantitative estimate of drug-likeness (QED) is 0.763. The normalized spacial score (nSPS) is 15.3. The van der Waals surface area contributed by atoms with E-state index in [0.29, 0.717) is 6.04 Å². The highest BCUT2D eigenvalue weighted by Gasteiger charge is 2.27. The minimum Gasteiger partial charge on any atom is -0.396 e. The van der Waals surface area contributed by atoms with Crippen molar-refractivity contribution in [3.8, 4) is 0 Å². The lowest BCUT2D eigenvalue weighted by Crippen LogP contribution is -2.44. The maximum atomic E-state index is 9.05. The number of hydrogen-bond acceptors (Lipinski definition) is 4. The molecule has 104 valence electrons. The van der Waals surface area contributed by atoms with Crippen molar-refractivity contribution < 1.29 is 5.11 Å². The Morgan fingerprint density at radius 2 is 2.17 bits per heavy atom. The molecule has 0 fully saturated rings. The first-order chi connectivity index (χ1) is 8.61. The average molecular weight is 270 g/mol. The second-order valence-electron chi connectivity index (χ2n) is 4.98. The second kappa shape index (κ2) is 7.89. The fraction of sp³-hybridized carbons (Fsp3) is 0.714. The van der Waals surface area contributed by atoms with Crippen molar-refractivity contribution in [3.63, 3.8) is 0 Å². The number of nitrogens with two attached hydrogens (primary N) is 1. The number of aliphatic hydroxyl groups is 1. The van der Waals surface area contributed by atoms with Crippen LogP contribution in [0, 0.1) is 0 Å². The highest BCUT2D eigenvalue weighted by Crippen LogP contribution is 2.28. The first-order valence-electron chi connectivity index (χ1n) is 6.76. The highest BCUT2D eigenvalue weighted by atomic mass is 32.1. The molecule has 0 bridgehead atoms. The van der Waals surface area contributed by atoms with Crippen molar-refractivity contribution in [2.45, 2.75) is 51.7 Å². The average Bonchev–Trinajstić information content (AvgIpc) is 2.86. The number of thiophene rings is 1. The maximum absolute atomic E-state index is 9.05. The molecule has 0 aromatic carbocycles. The first-order valence-corrected chi connectivity index (χ1v) is 7.70. The van der Waals surface area contributed by atoms with Gasteiger partial charge in [0, 0.05) is 25.2 Å². The summed E-state index contributed by atoms with van der Waals surface area (Å²) in [6.07, 6.45) is 1.76. The number of nitrogens with zero attached hydrogens (tertiary/aromatic N) is 1. The van der Waals surface area contributed by atoms with Gasteiger partial charge in [0.05, 0.1) is 6.04 Å². The molecule has 0 spiro atoms. The molecule has 2 atom stereocenters. The lowest BCUT2D eigenvalue weighted by atomic mass is 9.97. The van der Waals surface area contributed by atoms with Crippen molar-refractivity contribution in [2.24, 2.45) is 5.73 Å². The molecule has 18 heavy (non-hydrogen) atoms. The molecule has 0 aliphatic heterocycles. The highest BCUT2D eigenvalue weighted by molar-refractivity contribution is 7.07. The van der Waals surface area contributed by atoms with Gasteiger partial charge in [-0.15, -0.1) is 0 Å². The van der Waals surface area contributed by atoms with Gasteiger partial charge in [-0.25, -0.2) is 0 Å². The van der Waals surface area contributed by atoms with E-state index in [-0.39, 0.29) is 18.7 Å². The van der Waals surface area contributed by atoms with Crippen molar-refractivity contribution in [2.75, 3.05) is 13.2 Å². The van der Waals surface area contributed by atoms with E-state index >= 15 is 0 Å². The smallest absolute Gasteiger partial charge is 0.0509 e. The number of hydrogen-bond donors (Lipinski definition) is 2. The standard InChI is InChI=1S/C14H26N2OS/c1-4-13(15)14(12-6-9-18-10-12)16(11(2)3)7-5-8-17/h6,9-11,13-14,17H,4-5,7-8,15H2,1-3H3. The minimum atomic E-state index is 0.140. The third-order valence-corrected chi connectivity index (χ3v) is 4.06. The zero-order valence-corrected chi connectivity index (χ0v) is 12.5. The molecule has 0 radical (unpaired) electrons. The van der Waals surface area contributed by atoms with Crippen LogP contribution in [-0.4, -0.2) is 35.2 Å². The van der Waals surface area contributed by atoms with Gasteiger partial charge in [0.1, 0.15) is 0 Å². The molecule has 0 saturated heterocycles. The van der Waals surface area contributed by atoms with Crippen LogP contribution in [0.4, 0.5) is 0 Å². The molecule has 1 aromatic rings. The van der Waals surface area contributed by atoms with Crippen LogP contribution in [0.15, 0.2) is 16.8 Å². The Morgan fingerprint density at radius 3 is 2.61 bits per heavy atom. The van der Waals surface area contributed by atoms with Crippen LogP contribution < -0.4 is 5.73 Å². The van der Waals surface area contributed by atoms with E-state index in [2.05, 4.69) is 42.5 Å². The molecule has 3 N–H and O–H groups in total. The zero-order valence-electron chi connectivity index (χ0n) is 11.7. The van der Waals surface area contributed by atoms with Crippen LogP contribution in [0.2, 0.25) is 0 Å². The van der Waals surface area contributed by atoms with Crippen molar-refractivity contribution in [3.05, 3.63) is 22.4 Å².